The van der Waals surface area contributed by atoms with Crippen molar-refractivity contribution in [3.63, 3.8) is 0 Å². The fourth-order valence-electron chi connectivity index (χ4n) is 1.86. The van der Waals surface area contributed by atoms with Gasteiger partial charge in [0.25, 0.3) is 0 Å². The maximum Gasteiger partial charge on any atom is 0.185 e. The molecule has 14 heavy (non-hydrogen) atoms. The van der Waals surface area contributed by atoms with E-state index in [0.29, 0.717) is 6.54 Å². The molecular formula is C9H11N3O2. The summed E-state index contributed by atoms with van der Waals surface area (Å²) in [6.45, 7) is 0.682. The van der Waals surface area contributed by atoms with Crippen LogP contribution >= 0.6 is 0 Å². The minimum absolute atomic E-state index is 0.0195. The molecule has 1 aliphatic rings. The fourth-order valence-corrected chi connectivity index (χ4v) is 1.86. The molecule has 1 fully saturated rings. The van der Waals surface area contributed by atoms with Crippen molar-refractivity contribution in [1.82, 2.24) is 5.01 Å². The average Bonchev–Trinajstić information content (AvgIpc) is 2.65. The molecule has 5 nitrogen and oxygen atoms in total. The molecule has 0 N–H and O–H groups in total. The van der Waals surface area contributed by atoms with Crippen molar-refractivity contribution in [2.24, 2.45) is 5.29 Å². The smallest absolute Gasteiger partial charge is 0.185 e. The summed E-state index contributed by atoms with van der Waals surface area (Å²) in [6, 6.07) is 3.51. The molecule has 0 spiro atoms. The molecule has 0 bridgehead atoms. The Morgan fingerprint density at radius 3 is 3.21 bits per heavy atom. The predicted molar refractivity (Wildman–Crippen MR) is 49.9 cm³/mol. The molecule has 2 heterocycles. The zero-order chi connectivity index (χ0) is 9.97. The van der Waals surface area contributed by atoms with E-state index in [1.807, 2.05) is 6.07 Å². The molecule has 0 unspecified atom stereocenters. The van der Waals surface area contributed by atoms with Gasteiger partial charge in [0.15, 0.2) is 12.4 Å². The van der Waals surface area contributed by atoms with Gasteiger partial charge in [-0.3, -0.25) is 5.01 Å². The molecule has 5 heteroatoms. The van der Waals surface area contributed by atoms with Gasteiger partial charge in [-0.2, -0.15) is 4.73 Å². The van der Waals surface area contributed by atoms with Crippen LogP contribution in [0, 0.1) is 10.1 Å². The molecule has 1 aromatic rings. The van der Waals surface area contributed by atoms with Crippen molar-refractivity contribution in [3.8, 4) is 0 Å². The van der Waals surface area contributed by atoms with E-state index in [1.54, 1.807) is 6.07 Å². The third kappa shape index (κ3) is 1.53. The average molecular weight is 193 g/mol. The zero-order valence-corrected chi connectivity index (χ0v) is 7.67. The van der Waals surface area contributed by atoms with E-state index in [4.69, 9.17) is 0 Å². The lowest BCUT2D eigenvalue weighted by atomic mass is 10.1. The highest BCUT2D eigenvalue weighted by atomic mass is 16.5. The van der Waals surface area contributed by atoms with Crippen molar-refractivity contribution in [1.29, 1.82) is 0 Å². The first-order valence-corrected chi connectivity index (χ1v) is 4.60. The first-order chi connectivity index (χ1) is 6.81. The Morgan fingerprint density at radius 1 is 1.64 bits per heavy atom. The minimum Gasteiger partial charge on any atom is -0.619 e. The number of nitroso groups, excluding NO2 is 1. The Balaban J connectivity index is 2.25. The van der Waals surface area contributed by atoms with E-state index < -0.39 is 0 Å². The lowest BCUT2D eigenvalue weighted by molar-refractivity contribution is -0.606. The van der Waals surface area contributed by atoms with E-state index in [-0.39, 0.29) is 6.04 Å². The van der Waals surface area contributed by atoms with Gasteiger partial charge in [0.1, 0.15) is 0 Å². The highest BCUT2D eigenvalue weighted by molar-refractivity contribution is 5.12. The van der Waals surface area contributed by atoms with E-state index in [9.17, 15) is 10.1 Å². The SMILES string of the molecule is O=NN1CCC[C@@H]1c1ccc[n+]([O-])c1. The molecule has 1 atom stereocenters. The molecule has 0 saturated carbocycles. The maximum atomic E-state index is 11.0. The van der Waals surface area contributed by atoms with Crippen LogP contribution in [0.1, 0.15) is 24.4 Å². The lowest BCUT2D eigenvalue weighted by Crippen LogP contribution is -2.27. The van der Waals surface area contributed by atoms with Gasteiger partial charge in [-0.25, -0.2) is 0 Å². The Bertz CT molecular complexity index is 343. The number of hydrogen-bond acceptors (Lipinski definition) is 3. The summed E-state index contributed by atoms with van der Waals surface area (Å²) in [4.78, 5) is 10.5. The normalized spacial score (nSPS) is 21.1. The van der Waals surface area contributed by atoms with Gasteiger partial charge in [0, 0.05) is 18.2 Å². The summed E-state index contributed by atoms with van der Waals surface area (Å²) in [7, 11) is 0. The summed E-state index contributed by atoms with van der Waals surface area (Å²) < 4.78 is 0.747. The summed E-state index contributed by atoms with van der Waals surface area (Å²) >= 11 is 0. The van der Waals surface area contributed by atoms with Crippen LogP contribution in [0.15, 0.2) is 29.8 Å². The molecule has 1 aliphatic heterocycles. The fraction of sp³-hybridized carbons (Fsp3) is 0.444. The number of aromatic nitrogens is 1. The van der Waals surface area contributed by atoms with Crippen LogP contribution in [-0.4, -0.2) is 11.6 Å². The third-order valence-corrected chi connectivity index (χ3v) is 2.51. The second-order valence-electron chi connectivity index (χ2n) is 3.40. The zero-order valence-electron chi connectivity index (χ0n) is 7.67. The molecule has 0 aromatic carbocycles. The Labute approximate surface area is 81.5 Å². The molecule has 0 aliphatic carbocycles. The Hall–Kier alpha value is -1.65. The molecular weight excluding hydrogens is 182 g/mol. The number of hydrogen-bond donors (Lipinski definition) is 0. The van der Waals surface area contributed by atoms with E-state index in [2.05, 4.69) is 5.29 Å². The van der Waals surface area contributed by atoms with E-state index in [1.165, 1.54) is 17.4 Å². The predicted octanol–water partition coefficient (Wildman–Crippen LogP) is 1.14. The molecule has 0 amide bonds. The number of pyridine rings is 1. The van der Waals surface area contributed by atoms with Gasteiger partial charge >= 0.3 is 0 Å². The van der Waals surface area contributed by atoms with Crippen LogP contribution < -0.4 is 4.73 Å². The Kier molecular flexibility index (Phi) is 2.30. The van der Waals surface area contributed by atoms with Crippen LogP contribution in [0.3, 0.4) is 0 Å². The highest BCUT2D eigenvalue weighted by Crippen LogP contribution is 2.30. The van der Waals surface area contributed by atoms with Crippen LogP contribution in [0.2, 0.25) is 0 Å². The van der Waals surface area contributed by atoms with Gasteiger partial charge in [0.05, 0.1) is 11.3 Å². The quantitative estimate of drug-likeness (QED) is 0.402. The van der Waals surface area contributed by atoms with Gasteiger partial charge in [-0.1, -0.05) is 0 Å². The first kappa shape index (κ1) is 8.93. The third-order valence-electron chi connectivity index (χ3n) is 2.51. The van der Waals surface area contributed by atoms with Gasteiger partial charge < -0.3 is 5.21 Å². The van der Waals surface area contributed by atoms with Crippen molar-refractivity contribution < 1.29 is 4.73 Å². The molecule has 1 saturated heterocycles. The van der Waals surface area contributed by atoms with Crippen LogP contribution in [0.25, 0.3) is 0 Å². The molecule has 0 radical (unpaired) electrons. The maximum absolute atomic E-state index is 11.0. The second kappa shape index (κ2) is 3.61. The van der Waals surface area contributed by atoms with E-state index in [0.717, 1.165) is 23.1 Å². The van der Waals surface area contributed by atoms with Crippen LogP contribution in [0.4, 0.5) is 0 Å². The summed E-state index contributed by atoms with van der Waals surface area (Å²) in [5.74, 6) is 0. The largest absolute Gasteiger partial charge is 0.619 e. The van der Waals surface area contributed by atoms with E-state index >= 15 is 0 Å². The van der Waals surface area contributed by atoms with Gasteiger partial charge in [-0.05, 0) is 18.9 Å². The summed E-state index contributed by atoms with van der Waals surface area (Å²) in [5, 5.41) is 15.5. The van der Waals surface area contributed by atoms with Crippen LogP contribution in [-0.2, 0) is 0 Å². The Morgan fingerprint density at radius 2 is 2.50 bits per heavy atom. The van der Waals surface area contributed by atoms with Crippen LogP contribution in [0.5, 0.6) is 0 Å². The standard InChI is InChI=1S/C9H11N3O2/c13-10-12-6-2-4-9(12)8-3-1-5-11(14)7-8/h1,3,5,7,9H,2,4,6H2/t9-/m1/s1. The summed E-state index contributed by atoms with van der Waals surface area (Å²) in [5.41, 5.74) is 0.861. The van der Waals surface area contributed by atoms with Crippen molar-refractivity contribution in [2.45, 2.75) is 18.9 Å². The lowest BCUT2D eigenvalue weighted by Gasteiger charge is -2.16. The molecule has 1 aromatic heterocycles. The number of rotatable bonds is 2. The summed E-state index contributed by atoms with van der Waals surface area (Å²) in [6.07, 6.45) is 4.76. The van der Waals surface area contributed by atoms with Crippen molar-refractivity contribution in [3.05, 3.63) is 40.2 Å². The first-order valence-electron chi connectivity index (χ1n) is 4.60. The second-order valence-corrected chi connectivity index (χ2v) is 3.40. The van der Waals surface area contributed by atoms with Gasteiger partial charge in [-0.15, -0.1) is 4.91 Å². The van der Waals surface area contributed by atoms with Crippen molar-refractivity contribution >= 4 is 0 Å². The topological polar surface area (TPSA) is 59.6 Å². The molecule has 2 rings (SSSR count). The number of nitrogens with zero attached hydrogens (tertiary/aromatic N) is 3. The van der Waals surface area contributed by atoms with Gasteiger partial charge in [0.2, 0.25) is 0 Å². The monoisotopic (exact) mass is 193 g/mol. The minimum atomic E-state index is -0.0195. The molecule has 74 valence electrons. The van der Waals surface area contributed by atoms with Crippen molar-refractivity contribution in [2.75, 3.05) is 6.54 Å². The highest BCUT2D eigenvalue weighted by Gasteiger charge is 2.27.